The van der Waals surface area contributed by atoms with Crippen LogP contribution in [-0.4, -0.2) is 26.9 Å². The van der Waals surface area contributed by atoms with E-state index in [1.165, 1.54) is 0 Å². The van der Waals surface area contributed by atoms with Crippen LogP contribution in [0.25, 0.3) is 0 Å². The molecule has 1 aliphatic rings. The van der Waals surface area contributed by atoms with Gasteiger partial charge in [-0.05, 0) is 36.6 Å². The average Bonchev–Trinajstić information content (AvgIpc) is 3.17. The number of aromatic hydroxyl groups is 1. The first-order valence-corrected chi connectivity index (χ1v) is 6.66. The molecule has 0 aliphatic heterocycles. The predicted molar refractivity (Wildman–Crippen MR) is 76.2 cm³/mol. The Morgan fingerprint density at radius 3 is 2.80 bits per heavy atom. The van der Waals surface area contributed by atoms with E-state index in [-0.39, 0.29) is 17.7 Å². The SMILES string of the molecule is Nc1c[nH]c(C(=O)N(Cc2cccc(O)c2)C2CC2)c1. The predicted octanol–water partition coefficient (Wildman–Crippen LogP) is 2.11. The highest BCUT2D eigenvalue weighted by Crippen LogP contribution is 2.30. The van der Waals surface area contributed by atoms with E-state index in [1.54, 1.807) is 30.5 Å². The summed E-state index contributed by atoms with van der Waals surface area (Å²) in [5, 5.41) is 9.51. The van der Waals surface area contributed by atoms with E-state index >= 15 is 0 Å². The lowest BCUT2D eigenvalue weighted by molar-refractivity contribution is 0.0724. The van der Waals surface area contributed by atoms with E-state index in [0.29, 0.717) is 17.9 Å². The van der Waals surface area contributed by atoms with Crippen LogP contribution in [-0.2, 0) is 6.54 Å². The number of nitrogens with one attached hydrogen (secondary N) is 1. The van der Waals surface area contributed by atoms with E-state index < -0.39 is 0 Å². The summed E-state index contributed by atoms with van der Waals surface area (Å²) < 4.78 is 0. The highest BCUT2D eigenvalue weighted by molar-refractivity contribution is 5.93. The van der Waals surface area contributed by atoms with Crippen molar-refractivity contribution in [2.75, 3.05) is 5.73 Å². The number of phenols is 1. The molecule has 2 aromatic rings. The third-order valence-electron chi connectivity index (χ3n) is 3.45. The van der Waals surface area contributed by atoms with Crippen molar-refractivity contribution in [1.29, 1.82) is 0 Å². The molecule has 1 aliphatic carbocycles. The van der Waals surface area contributed by atoms with Crippen LogP contribution in [0.3, 0.4) is 0 Å². The van der Waals surface area contributed by atoms with Gasteiger partial charge in [-0.3, -0.25) is 4.79 Å². The Kier molecular flexibility index (Phi) is 3.10. The van der Waals surface area contributed by atoms with Gasteiger partial charge >= 0.3 is 0 Å². The molecule has 4 N–H and O–H groups in total. The number of aromatic amines is 1. The molecule has 1 fully saturated rings. The van der Waals surface area contributed by atoms with Crippen molar-refractivity contribution in [3.8, 4) is 5.75 Å². The van der Waals surface area contributed by atoms with Gasteiger partial charge < -0.3 is 20.7 Å². The third kappa shape index (κ3) is 2.61. The maximum Gasteiger partial charge on any atom is 0.270 e. The second kappa shape index (κ2) is 4.92. The smallest absolute Gasteiger partial charge is 0.270 e. The van der Waals surface area contributed by atoms with Gasteiger partial charge in [0.25, 0.3) is 5.91 Å². The first kappa shape index (κ1) is 12.6. The number of nitrogens with two attached hydrogens (primary N) is 1. The zero-order chi connectivity index (χ0) is 14.1. The van der Waals surface area contributed by atoms with Crippen LogP contribution in [0, 0.1) is 0 Å². The van der Waals surface area contributed by atoms with Crippen molar-refractivity contribution in [3.05, 3.63) is 47.8 Å². The summed E-state index contributed by atoms with van der Waals surface area (Å²) in [6, 6.07) is 8.94. The zero-order valence-corrected chi connectivity index (χ0v) is 11.0. The quantitative estimate of drug-likeness (QED) is 0.796. The summed E-state index contributed by atoms with van der Waals surface area (Å²) in [5.41, 5.74) is 7.63. The van der Waals surface area contributed by atoms with E-state index in [4.69, 9.17) is 5.73 Å². The number of nitrogens with zero attached hydrogens (tertiary/aromatic N) is 1. The largest absolute Gasteiger partial charge is 0.508 e. The first-order valence-electron chi connectivity index (χ1n) is 6.66. The lowest BCUT2D eigenvalue weighted by atomic mass is 10.2. The van der Waals surface area contributed by atoms with Gasteiger partial charge in [-0.2, -0.15) is 0 Å². The third-order valence-corrected chi connectivity index (χ3v) is 3.45. The van der Waals surface area contributed by atoms with Crippen molar-refractivity contribution < 1.29 is 9.90 Å². The molecule has 1 aromatic heterocycles. The molecule has 5 heteroatoms. The monoisotopic (exact) mass is 271 g/mol. The van der Waals surface area contributed by atoms with Crippen LogP contribution in [0.2, 0.25) is 0 Å². The molecule has 104 valence electrons. The Balaban J connectivity index is 1.81. The topological polar surface area (TPSA) is 82.4 Å². The number of amides is 1. The summed E-state index contributed by atoms with van der Waals surface area (Å²) in [7, 11) is 0. The normalized spacial score (nSPS) is 14.2. The number of nitrogen functional groups attached to an aromatic ring is 1. The van der Waals surface area contributed by atoms with Gasteiger partial charge in [-0.15, -0.1) is 0 Å². The minimum Gasteiger partial charge on any atom is -0.508 e. The highest BCUT2D eigenvalue weighted by Gasteiger charge is 2.33. The second-order valence-corrected chi connectivity index (χ2v) is 5.18. The molecule has 0 spiro atoms. The Hall–Kier alpha value is -2.43. The molecule has 0 saturated heterocycles. The Morgan fingerprint density at radius 2 is 2.20 bits per heavy atom. The molecule has 1 heterocycles. The van der Waals surface area contributed by atoms with Crippen molar-refractivity contribution in [2.24, 2.45) is 0 Å². The average molecular weight is 271 g/mol. The number of phenolic OH excluding ortho intramolecular Hbond substituents is 1. The summed E-state index contributed by atoms with van der Waals surface area (Å²) in [6.45, 7) is 0.497. The highest BCUT2D eigenvalue weighted by atomic mass is 16.3. The number of anilines is 1. The van der Waals surface area contributed by atoms with Gasteiger partial charge in [0.15, 0.2) is 0 Å². The summed E-state index contributed by atoms with van der Waals surface area (Å²) in [5.74, 6) is 0.169. The van der Waals surface area contributed by atoms with Crippen molar-refractivity contribution in [1.82, 2.24) is 9.88 Å². The lowest BCUT2D eigenvalue weighted by Crippen LogP contribution is -2.32. The van der Waals surface area contributed by atoms with Gasteiger partial charge in [0.1, 0.15) is 11.4 Å². The number of carbonyl (C=O) groups excluding carboxylic acids is 1. The van der Waals surface area contributed by atoms with Gasteiger partial charge in [-0.25, -0.2) is 0 Å². The minimum atomic E-state index is -0.0486. The molecule has 0 radical (unpaired) electrons. The van der Waals surface area contributed by atoms with Crippen LogP contribution >= 0.6 is 0 Å². The maximum atomic E-state index is 12.5. The number of hydrogen-bond acceptors (Lipinski definition) is 3. The Morgan fingerprint density at radius 1 is 1.40 bits per heavy atom. The fourth-order valence-corrected chi connectivity index (χ4v) is 2.29. The molecule has 5 nitrogen and oxygen atoms in total. The van der Waals surface area contributed by atoms with E-state index in [9.17, 15) is 9.90 Å². The molecular weight excluding hydrogens is 254 g/mol. The molecular formula is C15H17N3O2. The van der Waals surface area contributed by atoms with Gasteiger partial charge in [-0.1, -0.05) is 12.1 Å². The van der Waals surface area contributed by atoms with E-state index in [0.717, 1.165) is 18.4 Å². The fourth-order valence-electron chi connectivity index (χ4n) is 2.29. The first-order chi connectivity index (χ1) is 9.63. The number of carbonyl (C=O) groups is 1. The van der Waals surface area contributed by atoms with E-state index in [1.807, 2.05) is 11.0 Å². The van der Waals surface area contributed by atoms with Crippen molar-refractivity contribution >= 4 is 11.6 Å². The molecule has 20 heavy (non-hydrogen) atoms. The molecule has 3 rings (SSSR count). The van der Waals surface area contributed by atoms with Crippen molar-refractivity contribution in [2.45, 2.75) is 25.4 Å². The standard InChI is InChI=1S/C15H17N3O2/c16-11-7-14(17-8-11)15(20)18(12-4-5-12)9-10-2-1-3-13(19)6-10/h1-3,6-8,12,17,19H,4-5,9,16H2. The Bertz CT molecular complexity index is 632. The number of hydrogen-bond donors (Lipinski definition) is 3. The lowest BCUT2D eigenvalue weighted by Gasteiger charge is -2.22. The number of rotatable bonds is 4. The molecule has 1 aromatic carbocycles. The second-order valence-electron chi connectivity index (χ2n) is 5.18. The van der Waals surface area contributed by atoms with Crippen LogP contribution in [0.4, 0.5) is 5.69 Å². The van der Waals surface area contributed by atoms with Gasteiger partial charge in [0.05, 0.1) is 0 Å². The molecule has 1 amide bonds. The minimum absolute atomic E-state index is 0.0486. The summed E-state index contributed by atoms with van der Waals surface area (Å²) >= 11 is 0. The maximum absolute atomic E-state index is 12.5. The van der Waals surface area contributed by atoms with Crippen molar-refractivity contribution in [3.63, 3.8) is 0 Å². The zero-order valence-electron chi connectivity index (χ0n) is 11.0. The summed E-state index contributed by atoms with van der Waals surface area (Å²) in [6.07, 6.45) is 3.67. The fraction of sp³-hybridized carbons (Fsp3) is 0.267. The van der Waals surface area contributed by atoms with Crippen LogP contribution in [0.15, 0.2) is 36.5 Å². The number of aromatic nitrogens is 1. The number of H-pyrrole nitrogens is 1. The Labute approximate surface area is 117 Å². The van der Waals surface area contributed by atoms with Gasteiger partial charge in [0.2, 0.25) is 0 Å². The van der Waals surface area contributed by atoms with Crippen LogP contribution in [0.1, 0.15) is 28.9 Å². The molecule has 0 atom stereocenters. The molecule has 0 unspecified atom stereocenters. The van der Waals surface area contributed by atoms with Gasteiger partial charge in [0, 0.05) is 24.5 Å². The van der Waals surface area contributed by atoms with Crippen LogP contribution in [0.5, 0.6) is 5.75 Å². The number of benzene rings is 1. The summed E-state index contributed by atoms with van der Waals surface area (Å²) in [4.78, 5) is 17.2. The molecule has 0 bridgehead atoms. The van der Waals surface area contributed by atoms with Crippen LogP contribution < -0.4 is 5.73 Å². The molecule has 1 saturated carbocycles. The van der Waals surface area contributed by atoms with E-state index in [2.05, 4.69) is 4.98 Å².